The van der Waals surface area contributed by atoms with Crippen molar-refractivity contribution in [2.45, 2.75) is 18.0 Å². The third-order valence-electron chi connectivity index (χ3n) is 3.37. The quantitative estimate of drug-likeness (QED) is 0.645. The van der Waals surface area contributed by atoms with Gasteiger partial charge in [0, 0.05) is 19.3 Å². The summed E-state index contributed by atoms with van der Waals surface area (Å²) >= 11 is 0. The maximum absolute atomic E-state index is 12.8. The number of carbonyl (C=O) groups excluding carboxylic acids is 1. The molecule has 0 saturated heterocycles. The number of hydrogen-bond donors (Lipinski definition) is 3. The highest BCUT2D eigenvalue weighted by Gasteiger charge is 2.33. The number of nitrogens with one attached hydrogen (secondary N) is 3. The van der Waals surface area contributed by atoms with Gasteiger partial charge < -0.3 is 10.6 Å². The molecule has 1 aromatic carbocycles. The van der Waals surface area contributed by atoms with Crippen LogP contribution in [-0.4, -0.2) is 32.5 Å². The second kappa shape index (κ2) is 8.25. The summed E-state index contributed by atoms with van der Waals surface area (Å²) in [4.78, 5) is 15.2. The van der Waals surface area contributed by atoms with Gasteiger partial charge in [0.1, 0.15) is 5.82 Å². The molecule has 0 atom stereocenters. The van der Waals surface area contributed by atoms with Gasteiger partial charge in [-0.2, -0.15) is 13.2 Å². The second-order valence-corrected chi connectivity index (χ2v) is 7.18. The number of rotatable bonds is 6. The zero-order valence-corrected chi connectivity index (χ0v) is 15.0. The molecule has 146 valence electrons. The van der Waals surface area contributed by atoms with Crippen LogP contribution in [0, 0.1) is 6.92 Å². The van der Waals surface area contributed by atoms with Crippen molar-refractivity contribution in [1.82, 2.24) is 15.0 Å². The van der Waals surface area contributed by atoms with Crippen molar-refractivity contribution in [3.8, 4) is 0 Å². The van der Waals surface area contributed by atoms with E-state index in [4.69, 9.17) is 0 Å². The number of sulfonamides is 1. The monoisotopic (exact) mass is 402 g/mol. The summed E-state index contributed by atoms with van der Waals surface area (Å²) in [5.41, 5.74) is -0.0753. The highest BCUT2D eigenvalue weighted by Crippen LogP contribution is 2.33. The standard InChI is InChI=1S/C16H17F3N4O3S/c1-11-4-6-12(7-5-11)27(25,26)23-15(24)22-10-9-21-14-13(16(17,18)19)3-2-8-20-14/h2-8H,9-10H2,1H3,(H,20,21)(H2,22,23,24). The van der Waals surface area contributed by atoms with Crippen molar-refractivity contribution in [3.05, 3.63) is 53.7 Å². The lowest BCUT2D eigenvalue weighted by molar-refractivity contribution is -0.137. The lowest BCUT2D eigenvalue weighted by atomic mass is 10.2. The van der Waals surface area contributed by atoms with Gasteiger partial charge in [0.25, 0.3) is 10.0 Å². The number of aryl methyl sites for hydroxylation is 1. The molecule has 0 aliphatic rings. The molecule has 0 saturated carbocycles. The van der Waals surface area contributed by atoms with Crippen LogP contribution < -0.4 is 15.4 Å². The number of urea groups is 1. The van der Waals surface area contributed by atoms with Crippen molar-refractivity contribution in [2.75, 3.05) is 18.4 Å². The molecule has 11 heteroatoms. The van der Waals surface area contributed by atoms with Crippen LogP contribution in [0.1, 0.15) is 11.1 Å². The molecule has 0 radical (unpaired) electrons. The fourth-order valence-electron chi connectivity index (χ4n) is 2.07. The Hall–Kier alpha value is -2.82. The summed E-state index contributed by atoms with van der Waals surface area (Å²) in [7, 11) is -4.04. The largest absolute Gasteiger partial charge is 0.419 e. The van der Waals surface area contributed by atoms with Gasteiger partial charge in [-0.25, -0.2) is 22.9 Å². The predicted octanol–water partition coefficient (Wildman–Crippen LogP) is 2.51. The van der Waals surface area contributed by atoms with Gasteiger partial charge >= 0.3 is 12.2 Å². The summed E-state index contributed by atoms with van der Waals surface area (Å²) in [6.07, 6.45) is -3.37. The Morgan fingerprint density at radius 1 is 1.11 bits per heavy atom. The summed E-state index contributed by atoms with van der Waals surface area (Å²) in [6.45, 7) is 1.58. The maximum atomic E-state index is 12.8. The molecule has 2 rings (SSSR count). The average Bonchev–Trinajstić information content (AvgIpc) is 2.58. The van der Waals surface area contributed by atoms with E-state index in [0.29, 0.717) is 0 Å². The third-order valence-corrected chi connectivity index (χ3v) is 4.72. The first-order valence-electron chi connectivity index (χ1n) is 7.73. The van der Waals surface area contributed by atoms with Crippen LogP contribution in [0.2, 0.25) is 0 Å². The second-order valence-electron chi connectivity index (χ2n) is 5.50. The first kappa shape index (κ1) is 20.5. The van der Waals surface area contributed by atoms with Crippen LogP contribution >= 0.6 is 0 Å². The molecule has 0 unspecified atom stereocenters. The van der Waals surface area contributed by atoms with Crippen LogP contribution in [0.15, 0.2) is 47.5 Å². The Morgan fingerprint density at radius 2 is 1.78 bits per heavy atom. The molecular weight excluding hydrogens is 385 g/mol. The summed E-state index contributed by atoms with van der Waals surface area (Å²) in [5.74, 6) is -0.375. The van der Waals surface area contributed by atoms with Gasteiger partial charge in [0.15, 0.2) is 0 Å². The topological polar surface area (TPSA) is 100 Å². The van der Waals surface area contributed by atoms with E-state index in [0.717, 1.165) is 17.7 Å². The van der Waals surface area contributed by atoms with E-state index >= 15 is 0 Å². The highest BCUT2D eigenvalue weighted by atomic mass is 32.2. The number of amides is 2. The van der Waals surface area contributed by atoms with Crippen molar-refractivity contribution in [3.63, 3.8) is 0 Å². The van der Waals surface area contributed by atoms with E-state index in [2.05, 4.69) is 15.6 Å². The molecule has 0 aliphatic carbocycles. The number of hydrogen-bond acceptors (Lipinski definition) is 5. The minimum Gasteiger partial charge on any atom is -0.368 e. The van der Waals surface area contributed by atoms with Crippen molar-refractivity contribution in [1.29, 1.82) is 0 Å². The van der Waals surface area contributed by atoms with Crippen LogP contribution in [0.4, 0.5) is 23.8 Å². The zero-order chi connectivity index (χ0) is 20.1. The van der Waals surface area contributed by atoms with E-state index in [9.17, 15) is 26.4 Å². The predicted molar refractivity (Wildman–Crippen MR) is 92.6 cm³/mol. The molecule has 0 aliphatic heterocycles. The van der Waals surface area contributed by atoms with E-state index in [-0.39, 0.29) is 23.8 Å². The molecular formula is C16H17F3N4O3S. The first-order chi connectivity index (χ1) is 12.6. The third kappa shape index (κ3) is 5.84. The lowest BCUT2D eigenvalue weighted by Crippen LogP contribution is -2.41. The summed E-state index contributed by atoms with van der Waals surface area (Å²) in [5, 5.41) is 4.70. The number of carbonyl (C=O) groups is 1. The number of alkyl halides is 3. The number of nitrogens with zero attached hydrogens (tertiary/aromatic N) is 1. The maximum Gasteiger partial charge on any atom is 0.419 e. The number of anilines is 1. The number of pyridine rings is 1. The molecule has 7 nitrogen and oxygen atoms in total. The van der Waals surface area contributed by atoms with E-state index in [1.165, 1.54) is 18.3 Å². The molecule has 3 N–H and O–H groups in total. The Kier molecular flexibility index (Phi) is 6.26. The molecule has 1 aromatic heterocycles. The lowest BCUT2D eigenvalue weighted by Gasteiger charge is -2.13. The summed E-state index contributed by atoms with van der Waals surface area (Å²) < 4.78 is 64.4. The molecule has 0 spiro atoms. The number of halogens is 3. The smallest absolute Gasteiger partial charge is 0.368 e. The molecule has 2 amide bonds. The molecule has 2 aromatic rings. The van der Waals surface area contributed by atoms with Crippen LogP contribution in [-0.2, 0) is 16.2 Å². The van der Waals surface area contributed by atoms with Crippen molar-refractivity contribution < 1.29 is 26.4 Å². The Labute approximate surface area is 154 Å². The fourth-order valence-corrected chi connectivity index (χ4v) is 2.99. The van der Waals surface area contributed by atoms with Gasteiger partial charge in [0.2, 0.25) is 0 Å². The Balaban J connectivity index is 1.86. The SMILES string of the molecule is Cc1ccc(S(=O)(=O)NC(=O)NCCNc2ncccc2C(F)(F)F)cc1. The van der Waals surface area contributed by atoms with Crippen molar-refractivity contribution >= 4 is 21.9 Å². The molecule has 0 fully saturated rings. The van der Waals surface area contributed by atoms with Gasteiger partial charge in [-0.3, -0.25) is 0 Å². The van der Waals surface area contributed by atoms with Crippen LogP contribution in [0.5, 0.6) is 0 Å². The minimum atomic E-state index is -4.57. The number of aromatic nitrogens is 1. The average molecular weight is 402 g/mol. The van der Waals surface area contributed by atoms with Gasteiger partial charge in [0.05, 0.1) is 10.5 Å². The number of benzene rings is 1. The first-order valence-corrected chi connectivity index (χ1v) is 9.21. The molecule has 1 heterocycles. The van der Waals surface area contributed by atoms with Crippen LogP contribution in [0.3, 0.4) is 0 Å². The van der Waals surface area contributed by atoms with Gasteiger partial charge in [-0.15, -0.1) is 0 Å². The van der Waals surface area contributed by atoms with E-state index < -0.39 is 27.8 Å². The summed E-state index contributed by atoms with van der Waals surface area (Å²) in [6, 6.07) is 6.93. The van der Waals surface area contributed by atoms with E-state index in [1.807, 2.05) is 4.72 Å². The highest BCUT2D eigenvalue weighted by molar-refractivity contribution is 7.90. The fraction of sp³-hybridized carbons (Fsp3) is 0.250. The van der Waals surface area contributed by atoms with Gasteiger partial charge in [-0.1, -0.05) is 17.7 Å². The zero-order valence-electron chi connectivity index (χ0n) is 14.2. The van der Waals surface area contributed by atoms with Crippen LogP contribution in [0.25, 0.3) is 0 Å². The minimum absolute atomic E-state index is 0.0790. The van der Waals surface area contributed by atoms with Gasteiger partial charge in [-0.05, 0) is 31.2 Å². The van der Waals surface area contributed by atoms with E-state index in [1.54, 1.807) is 19.1 Å². The molecule has 27 heavy (non-hydrogen) atoms. The van der Waals surface area contributed by atoms with Crippen molar-refractivity contribution in [2.24, 2.45) is 0 Å². The normalized spacial score (nSPS) is 11.7. The Bertz CT molecular complexity index is 900. The molecule has 0 bridgehead atoms. The Morgan fingerprint density at radius 3 is 2.41 bits per heavy atom.